The van der Waals surface area contributed by atoms with Crippen LogP contribution in [0.5, 0.6) is 0 Å². The van der Waals surface area contributed by atoms with Gasteiger partial charge in [-0.1, -0.05) is 60.5 Å². The number of thiophene rings is 1. The fourth-order valence-electron chi connectivity index (χ4n) is 3.12. The molecule has 0 bridgehead atoms. The van der Waals surface area contributed by atoms with Gasteiger partial charge in [0.15, 0.2) is 7.28 Å². The van der Waals surface area contributed by atoms with Crippen LogP contribution in [0.2, 0.25) is 0 Å². The normalized spacial score (nSPS) is 11.8. The summed E-state index contributed by atoms with van der Waals surface area (Å²) in [5.41, 5.74) is 6.85. The third-order valence-corrected chi connectivity index (χ3v) is 5.22. The molecular weight excluding hydrogens is 259 g/mol. The molecule has 1 aromatic heterocycles. The van der Waals surface area contributed by atoms with Gasteiger partial charge in [-0.25, -0.2) is 0 Å². The molecule has 3 aromatic rings. The van der Waals surface area contributed by atoms with Crippen molar-refractivity contribution in [1.82, 2.24) is 0 Å². The van der Waals surface area contributed by atoms with E-state index in [1.165, 1.54) is 42.6 Å². The average molecular weight is 272 g/mol. The van der Waals surface area contributed by atoms with Crippen LogP contribution in [0.4, 0.5) is 0 Å². The van der Waals surface area contributed by atoms with Crippen molar-refractivity contribution in [2.24, 2.45) is 0 Å². The Morgan fingerprint density at radius 2 is 1.80 bits per heavy atom. The minimum atomic E-state index is 1.05. The molecule has 1 aliphatic rings. The molecule has 94 valence electrons. The summed E-state index contributed by atoms with van der Waals surface area (Å²) in [7, 11) is 1.05. The maximum absolute atomic E-state index is 3.96. The summed E-state index contributed by atoms with van der Waals surface area (Å²) in [5.74, 6) is 0. The highest BCUT2D eigenvalue weighted by Gasteiger charge is 2.21. The summed E-state index contributed by atoms with van der Waals surface area (Å²) in [6.45, 7) is 7.87. The SMILES string of the molecule is C=Cc1sc2cc3c(cc2c1C=C)-c1ccccc1B3. The molecule has 0 saturated heterocycles. The molecule has 0 N–H and O–H groups in total. The number of hydrogen-bond donors (Lipinski definition) is 0. The van der Waals surface area contributed by atoms with Gasteiger partial charge >= 0.3 is 0 Å². The molecule has 1 aliphatic heterocycles. The molecule has 0 unspecified atom stereocenters. The molecule has 0 spiro atoms. The molecule has 0 saturated carbocycles. The second kappa shape index (κ2) is 4.22. The van der Waals surface area contributed by atoms with Crippen molar-refractivity contribution >= 4 is 51.8 Å². The molecule has 0 nitrogen and oxygen atoms in total. The highest BCUT2D eigenvalue weighted by molar-refractivity contribution is 7.20. The zero-order valence-electron chi connectivity index (χ0n) is 11.1. The molecule has 0 aliphatic carbocycles. The highest BCUT2D eigenvalue weighted by Crippen LogP contribution is 2.35. The van der Waals surface area contributed by atoms with E-state index in [1.54, 1.807) is 11.3 Å². The Morgan fingerprint density at radius 3 is 2.60 bits per heavy atom. The van der Waals surface area contributed by atoms with E-state index < -0.39 is 0 Å². The van der Waals surface area contributed by atoms with E-state index in [0.29, 0.717) is 0 Å². The maximum Gasteiger partial charge on any atom is 0.193 e. The maximum atomic E-state index is 3.96. The smallest absolute Gasteiger partial charge is 0.135 e. The first-order valence-corrected chi connectivity index (χ1v) is 7.56. The molecule has 0 amide bonds. The van der Waals surface area contributed by atoms with Crippen LogP contribution in [0.1, 0.15) is 10.4 Å². The van der Waals surface area contributed by atoms with Crippen molar-refractivity contribution in [3.8, 4) is 11.1 Å². The Balaban J connectivity index is 2.06. The molecule has 0 atom stereocenters. The molecule has 2 heterocycles. The lowest BCUT2D eigenvalue weighted by molar-refractivity contribution is 1.74. The van der Waals surface area contributed by atoms with Gasteiger partial charge in [-0.2, -0.15) is 0 Å². The summed E-state index contributed by atoms with van der Waals surface area (Å²) in [6, 6.07) is 13.4. The van der Waals surface area contributed by atoms with Gasteiger partial charge in [-0.3, -0.25) is 0 Å². The van der Waals surface area contributed by atoms with Crippen LogP contribution in [-0.2, 0) is 0 Å². The first kappa shape index (κ1) is 11.7. The van der Waals surface area contributed by atoms with Crippen molar-refractivity contribution in [2.45, 2.75) is 0 Å². The van der Waals surface area contributed by atoms with Crippen LogP contribution in [0.3, 0.4) is 0 Å². The first-order valence-electron chi connectivity index (χ1n) is 6.74. The van der Waals surface area contributed by atoms with Crippen molar-refractivity contribution < 1.29 is 0 Å². The Bertz CT molecular complexity index is 871. The standard InChI is InChI=1S/C18H13BS/c1-3-11-14-9-13-12-7-5-6-8-15(12)19-16(13)10-18(14)20-17(11)4-2/h3-10,19H,1-2H2. The molecular formula is C18H13BS. The summed E-state index contributed by atoms with van der Waals surface area (Å²) in [4.78, 5) is 1.21. The Hall–Kier alpha value is -2.06. The van der Waals surface area contributed by atoms with Gasteiger partial charge in [0, 0.05) is 15.0 Å². The van der Waals surface area contributed by atoms with Crippen LogP contribution in [0, 0.1) is 0 Å². The molecule has 4 rings (SSSR count). The first-order chi connectivity index (χ1) is 9.81. The molecule has 2 aromatic carbocycles. The minimum Gasteiger partial charge on any atom is -0.135 e. The van der Waals surface area contributed by atoms with Crippen molar-refractivity contribution in [3.63, 3.8) is 0 Å². The predicted molar refractivity (Wildman–Crippen MR) is 93.9 cm³/mol. The second-order valence-electron chi connectivity index (χ2n) is 5.13. The van der Waals surface area contributed by atoms with Crippen LogP contribution in [0.25, 0.3) is 33.4 Å². The summed E-state index contributed by atoms with van der Waals surface area (Å²) in [5, 5.41) is 1.30. The molecule has 20 heavy (non-hydrogen) atoms. The lowest BCUT2D eigenvalue weighted by Gasteiger charge is -2.03. The van der Waals surface area contributed by atoms with Crippen LogP contribution >= 0.6 is 11.3 Å². The monoisotopic (exact) mass is 272 g/mol. The van der Waals surface area contributed by atoms with E-state index in [-0.39, 0.29) is 0 Å². The van der Waals surface area contributed by atoms with Crippen LogP contribution < -0.4 is 10.9 Å². The Kier molecular flexibility index (Phi) is 2.48. The van der Waals surface area contributed by atoms with Gasteiger partial charge in [0.2, 0.25) is 0 Å². The van der Waals surface area contributed by atoms with E-state index in [4.69, 9.17) is 0 Å². The average Bonchev–Trinajstić information content (AvgIpc) is 3.01. The molecule has 2 heteroatoms. The Labute approximate surface area is 123 Å². The van der Waals surface area contributed by atoms with E-state index in [1.807, 2.05) is 12.2 Å². The van der Waals surface area contributed by atoms with Gasteiger partial charge in [-0.05, 0) is 28.8 Å². The van der Waals surface area contributed by atoms with E-state index in [2.05, 4.69) is 49.6 Å². The zero-order valence-corrected chi connectivity index (χ0v) is 12.0. The van der Waals surface area contributed by atoms with Crippen molar-refractivity contribution in [1.29, 1.82) is 0 Å². The third kappa shape index (κ3) is 1.49. The van der Waals surface area contributed by atoms with Gasteiger partial charge in [0.05, 0.1) is 0 Å². The lowest BCUT2D eigenvalue weighted by atomic mass is 9.68. The Morgan fingerprint density at radius 1 is 0.950 bits per heavy atom. The van der Waals surface area contributed by atoms with Crippen LogP contribution in [-0.4, -0.2) is 7.28 Å². The zero-order chi connectivity index (χ0) is 13.7. The van der Waals surface area contributed by atoms with E-state index >= 15 is 0 Å². The molecule has 0 radical (unpaired) electrons. The van der Waals surface area contributed by atoms with E-state index in [0.717, 1.165) is 7.28 Å². The second-order valence-corrected chi connectivity index (χ2v) is 6.21. The fraction of sp³-hybridized carbons (Fsp3) is 0. The van der Waals surface area contributed by atoms with Gasteiger partial charge in [0.1, 0.15) is 0 Å². The number of fused-ring (bicyclic) bond motifs is 4. The number of rotatable bonds is 2. The summed E-state index contributed by atoms with van der Waals surface area (Å²) in [6.07, 6.45) is 3.88. The van der Waals surface area contributed by atoms with Gasteiger partial charge < -0.3 is 0 Å². The van der Waals surface area contributed by atoms with Gasteiger partial charge in [0.25, 0.3) is 0 Å². The third-order valence-electron chi connectivity index (χ3n) is 4.06. The van der Waals surface area contributed by atoms with E-state index in [9.17, 15) is 0 Å². The molecule has 0 fully saturated rings. The highest BCUT2D eigenvalue weighted by atomic mass is 32.1. The predicted octanol–water partition coefficient (Wildman–Crippen LogP) is 3.56. The number of hydrogen-bond acceptors (Lipinski definition) is 1. The largest absolute Gasteiger partial charge is 0.193 e. The topological polar surface area (TPSA) is 0 Å². The fourth-order valence-corrected chi connectivity index (χ4v) is 4.23. The summed E-state index contributed by atoms with van der Waals surface area (Å²) >= 11 is 1.80. The minimum absolute atomic E-state index is 1.05. The van der Waals surface area contributed by atoms with Crippen LogP contribution in [0.15, 0.2) is 49.6 Å². The van der Waals surface area contributed by atoms with Crippen molar-refractivity contribution in [3.05, 3.63) is 60.0 Å². The quantitative estimate of drug-likeness (QED) is 0.489. The lowest BCUT2D eigenvalue weighted by Crippen LogP contribution is -2.20. The summed E-state index contributed by atoms with van der Waals surface area (Å²) < 4.78 is 1.33. The van der Waals surface area contributed by atoms with Crippen molar-refractivity contribution in [2.75, 3.05) is 0 Å². The van der Waals surface area contributed by atoms with Gasteiger partial charge in [-0.15, -0.1) is 11.3 Å². The number of benzene rings is 2.